The maximum absolute atomic E-state index is 14.5. The number of hydrogen-bond acceptors (Lipinski definition) is 9. The van der Waals surface area contributed by atoms with Gasteiger partial charge >= 0.3 is 23.9 Å². The van der Waals surface area contributed by atoms with Gasteiger partial charge in [-0.1, -0.05) is 51.1 Å². The summed E-state index contributed by atoms with van der Waals surface area (Å²) in [5.41, 5.74) is -0.761. The van der Waals surface area contributed by atoms with Gasteiger partial charge in [-0.3, -0.25) is 19.2 Å². The van der Waals surface area contributed by atoms with Crippen LogP contribution in [0.4, 0.5) is 0 Å². The molecular formula is C33H40O9. The standard InChI is InChI=1S/C33H40O9/c1-18-15-26-25(32(26,6)7)14-13-24(17-39-20(3)34)29(40-21(4)35)27-28(41-31(38)23-11-9-8-10-12-23)19(2)16-33(27,30(18)37)42-22(5)36/h8-13,15,19,25-29H,14,16-17H2,1-7H3/b18-15+,24-13+/t19-,25-,26+,27+,28-,29+,33+/m0/s1. The Labute approximate surface area is 246 Å². The predicted molar refractivity (Wildman–Crippen MR) is 152 cm³/mol. The van der Waals surface area contributed by atoms with E-state index >= 15 is 0 Å². The van der Waals surface area contributed by atoms with Crippen molar-refractivity contribution in [3.05, 3.63) is 59.2 Å². The summed E-state index contributed by atoms with van der Waals surface area (Å²) >= 11 is 0. The largest absolute Gasteiger partial charge is 0.461 e. The molecule has 0 saturated heterocycles. The van der Waals surface area contributed by atoms with Gasteiger partial charge in [0.05, 0.1) is 11.5 Å². The molecule has 7 atom stereocenters. The normalized spacial score (nSPS) is 34.1. The highest BCUT2D eigenvalue weighted by atomic mass is 16.6. The molecule has 0 unspecified atom stereocenters. The molecule has 0 radical (unpaired) electrons. The number of Topliss-reactive ketones (excluding diaryl/α,β-unsaturated/α-hetero) is 1. The highest BCUT2D eigenvalue weighted by Crippen LogP contribution is 2.62. The minimum Gasteiger partial charge on any atom is -0.461 e. The van der Waals surface area contributed by atoms with Gasteiger partial charge in [-0.05, 0) is 54.2 Å². The molecule has 0 aliphatic heterocycles. The fraction of sp³-hybridized carbons (Fsp3) is 0.545. The summed E-state index contributed by atoms with van der Waals surface area (Å²) in [6, 6.07) is 8.40. The Morgan fingerprint density at radius 3 is 2.21 bits per heavy atom. The Balaban J connectivity index is 1.94. The molecule has 3 aliphatic rings. The average Bonchev–Trinajstić information content (AvgIpc) is 3.30. The van der Waals surface area contributed by atoms with Crippen LogP contribution in [0.1, 0.15) is 71.7 Å². The van der Waals surface area contributed by atoms with Crippen LogP contribution in [0, 0.1) is 29.1 Å². The van der Waals surface area contributed by atoms with Gasteiger partial charge in [-0.2, -0.15) is 0 Å². The van der Waals surface area contributed by atoms with E-state index in [1.54, 1.807) is 44.2 Å². The fourth-order valence-corrected chi connectivity index (χ4v) is 6.90. The Morgan fingerprint density at radius 1 is 0.952 bits per heavy atom. The van der Waals surface area contributed by atoms with E-state index in [9.17, 15) is 24.0 Å². The topological polar surface area (TPSA) is 122 Å². The van der Waals surface area contributed by atoms with Crippen LogP contribution in [0.15, 0.2) is 53.6 Å². The van der Waals surface area contributed by atoms with Gasteiger partial charge in [0.15, 0.2) is 5.60 Å². The van der Waals surface area contributed by atoms with Gasteiger partial charge in [0.2, 0.25) is 5.78 Å². The second kappa shape index (κ2) is 11.9. The van der Waals surface area contributed by atoms with Crippen molar-refractivity contribution in [2.75, 3.05) is 6.61 Å². The Morgan fingerprint density at radius 2 is 1.62 bits per heavy atom. The lowest BCUT2D eigenvalue weighted by molar-refractivity contribution is -0.179. The second-order valence-electron chi connectivity index (χ2n) is 12.4. The minimum absolute atomic E-state index is 0.0318. The third kappa shape index (κ3) is 6.05. The highest BCUT2D eigenvalue weighted by Gasteiger charge is 2.65. The van der Waals surface area contributed by atoms with Gasteiger partial charge in [-0.25, -0.2) is 4.79 Å². The fourth-order valence-electron chi connectivity index (χ4n) is 6.90. The van der Waals surface area contributed by atoms with Crippen LogP contribution in [0.5, 0.6) is 0 Å². The van der Waals surface area contributed by atoms with Crippen molar-refractivity contribution in [1.82, 2.24) is 0 Å². The number of benzene rings is 1. The van der Waals surface area contributed by atoms with Crippen molar-refractivity contribution < 1.29 is 42.9 Å². The molecular weight excluding hydrogens is 540 g/mol. The number of esters is 4. The zero-order valence-electron chi connectivity index (χ0n) is 25.3. The molecule has 2 fully saturated rings. The Hall–Kier alpha value is -3.75. The van der Waals surface area contributed by atoms with E-state index < -0.39 is 59.3 Å². The summed E-state index contributed by atoms with van der Waals surface area (Å²) in [5, 5.41) is 0. The molecule has 0 N–H and O–H groups in total. The maximum atomic E-state index is 14.5. The molecule has 0 bridgehead atoms. The monoisotopic (exact) mass is 580 g/mol. The van der Waals surface area contributed by atoms with Crippen LogP contribution in [-0.4, -0.2) is 54.1 Å². The number of fused-ring (bicyclic) bond motifs is 2. The van der Waals surface area contributed by atoms with Crippen LogP contribution < -0.4 is 0 Å². The van der Waals surface area contributed by atoms with Crippen LogP contribution in [0.3, 0.4) is 0 Å². The minimum atomic E-state index is -1.82. The number of ether oxygens (including phenoxy) is 4. The quantitative estimate of drug-likeness (QED) is 0.266. The number of ketones is 1. The van der Waals surface area contributed by atoms with Crippen molar-refractivity contribution in [2.24, 2.45) is 29.1 Å². The number of rotatable bonds is 6. The molecule has 2 saturated carbocycles. The first-order valence-electron chi connectivity index (χ1n) is 14.4. The molecule has 3 aliphatic carbocycles. The summed E-state index contributed by atoms with van der Waals surface area (Å²) in [4.78, 5) is 65.1. The molecule has 9 nitrogen and oxygen atoms in total. The van der Waals surface area contributed by atoms with Crippen molar-refractivity contribution in [3.63, 3.8) is 0 Å². The van der Waals surface area contributed by atoms with Crippen LogP contribution in [0.2, 0.25) is 0 Å². The first-order chi connectivity index (χ1) is 19.7. The van der Waals surface area contributed by atoms with E-state index in [2.05, 4.69) is 13.8 Å². The van der Waals surface area contributed by atoms with Crippen molar-refractivity contribution in [2.45, 2.75) is 79.1 Å². The smallest absolute Gasteiger partial charge is 0.338 e. The maximum Gasteiger partial charge on any atom is 0.338 e. The summed E-state index contributed by atoms with van der Waals surface area (Å²) in [6.07, 6.45) is 2.24. The molecule has 4 rings (SSSR count). The molecule has 42 heavy (non-hydrogen) atoms. The molecule has 1 aromatic rings. The first-order valence-corrected chi connectivity index (χ1v) is 14.4. The van der Waals surface area contributed by atoms with Crippen molar-refractivity contribution >= 4 is 29.7 Å². The second-order valence-corrected chi connectivity index (χ2v) is 12.4. The first kappa shape index (κ1) is 31.2. The average molecular weight is 581 g/mol. The van der Waals surface area contributed by atoms with Crippen LogP contribution in [-0.2, 0) is 38.1 Å². The lowest BCUT2D eigenvalue weighted by Crippen LogP contribution is -2.55. The van der Waals surface area contributed by atoms with Gasteiger partial charge in [-0.15, -0.1) is 0 Å². The number of allylic oxidation sites excluding steroid dienone is 2. The van der Waals surface area contributed by atoms with E-state index in [4.69, 9.17) is 18.9 Å². The van der Waals surface area contributed by atoms with Crippen molar-refractivity contribution in [1.29, 1.82) is 0 Å². The highest BCUT2D eigenvalue weighted by molar-refractivity contribution is 6.03. The zero-order chi connectivity index (χ0) is 31.0. The summed E-state index contributed by atoms with van der Waals surface area (Å²) in [7, 11) is 0. The van der Waals surface area contributed by atoms with Gasteiger partial charge in [0.25, 0.3) is 0 Å². The van der Waals surface area contributed by atoms with E-state index in [1.165, 1.54) is 20.8 Å². The molecule has 0 heterocycles. The third-order valence-electron chi connectivity index (χ3n) is 9.03. The number of carbonyl (C=O) groups is 5. The molecule has 0 amide bonds. The lowest BCUT2D eigenvalue weighted by Gasteiger charge is -2.40. The summed E-state index contributed by atoms with van der Waals surface area (Å²) in [6.45, 7) is 11.3. The van der Waals surface area contributed by atoms with Crippen LogP contribution in [0.25, 0.3) is 0 Å². The van der Waals surface area contributed by atoms with E-state index in [1.807, 2.05) is 12.2 Å². The summed E-state index contributed by atoms with van der Waals surface area (Å²) in [5.74, 6) is -4.28. The van der Waals surface area contributed by atoms with Crippen LogP contribution >= 0.6 is 0 Å². The lowest BCUT2D eigenvalue weighted by atomic mass is 9.76. The Bertz CT molecular complexity index is 1320. The zero-order valence-corrected chi connectivity index (χ0v) is 25.3. The molecule has 1 aromatic carbocycles. The number of hydrogen-bond donors (Lipinski definition) is 0. The molecule has 0 aromatic heterocycles. The van der Waals surface area contributed by atoms with Gasteiger partial charge in [0, 0.05) is 32.8 Å². The molecule has 226 valence electrons. The SMILES string of the molecule is CC(=O)OC/C1=C\C[C@H]2[C@@H](/C=C(\C)C(=O)[C@@]3(OC(C)=O)C[C@H](C)[C@H](OC(=O)c4ccccc4)[C@@H]3[C@@H]1OC(C)=O)C2(C)C. The van der Waals surface area contributed by atoms with E-state index in [-0.39, 0.29) is 30.3 Å². The van der Waals surface area contributed by atoms with E-state index in [0.717, 1.165) is 0 Å². The Kier molecular flexibility index (Phi) is 8.81. The van der Waals surface area contributed by atoms with Gasteiger partial charge in [0.1, 0.15) is 18.8 Å². The third-order valence-corrected chi connectivity index (χ3v) is 9.03. The van der Waals surface area contributed by atoms with Crippen molar-refractivity contribution in [3.8, 4) is 0 Å². The van der Waals surface area contributed by atoms with Gasteiger partial charge < -0.3 is 18.9 Å². The predicted octanol–water partition coefficient (Wildman–Crippen LogP) is 4.78. The summed E-state index contributed by atoms with van der Waals surface area (Å²) < 4.78 is 23.4. The van der Waals surface area contributed by atoms with E-state index in [0.29, 0.717) is 23.1 Å². The molecule has 9 heteroatoms. The molecule has 0 spiro atoms. The number of carbonyl (C=O) groups excluding carboxylic acids is 5.